The summed E-state index contributed by atoms with van der Waals surface area (Å²) in [6.45, 7) is 0.992. The van der Waals surface area contributed by atoms with Gasteiger partial charge in [-0.2, -0.15) is 0 Å². The third-order valence-electron chi connectivity index (χ3n) is 3.42. The van der Waals surface area contributed by atoms with Crippen molar-refractivity contribution in [3.63, 3.8) is 0 Å². The first kappa shape index (κ1) is 18.6. The van der Waals surface area contributed by atoms with Gasteiger partial charge in [-0.3, -0.25) is 4.79 Å². The van der Waals surface area contributed by atoms with Crippen molar-refractivity contribution >= 4 is 17.5 Å². The van der Waals surface area contributed by atoms with Crippen LogP contribution in [-0.4, -0.2) is 82.2 Å². The average Bonchev–Trinajstić information content (AvgIpc) is 2.45. The van der Waals surface area contributed by atoms with E-state index in [1.807, 2.05) is 0 Å². The first-order chi connectivity index (χ1) is 9.88. The summed E-state index contributed by atoms with van der Waals surface area (Å²) in [7, 11) is 0. The summed E-state index contributed by atoms with van der Waals surface area (Å²) >= 11 is 5.46. The van der Waals surface area contributed by atoms with Crippen molar-refractivity contribution in [2.24, 2.45) is 0 Å². The molecule has 0 aromatic heterocycles. The molecule has 0 spiro atoms. The van der Waals surface area contributed by atoms with Gasteiger partial charge in [0, 0.05) is 25.8 Å². The number of ether oxygens (including phenoxy) is 2. The zero-order valence-electron chi connectivity index (χ0n) is 11.7. The summed E-state index contributed by atoms with van der Waals surface area (Å²) in [4.78, 5) is 11.0. The van der Waals surface area contributed by atoms with Crippen LogP contribution < -0.4 is 5.32 Å². The molecule has 0 unspecified atom stereocenters. The molecule has 1 saturated heterocycles. The highest BCUT2D eigenvalue weighted by atomic mass is 35.5. The van der Waals surface area contributed by atoms with E-state index < -0.39 is 42.7 Å². The Morgan fingerprint density at radius 3 is 2.57 bits per heavy atom. The number of nitrogens with one attached hydrogen (secondary N) is 1. The molecular formula is C12H22ClNO7. The van der Waals surface area contributed by atoms with Crippen molar-refractivity contribution < 1.29 is 34.7 Å². The second-order valence-corrected chi connectivity index (χ2v) is 5.32. The Bertz CT molecular complexity index is 346. The number of rotatable bonds is 7. The summed E-state index contributed by atoms with van der Waals surface area (Å²) in [5.74, 6) is -0.193. The summed E-state index contributed by atoms with van der Waals surface area (Å²) in [5, 5.41) is 41.9. The number of aliphatic hydroxyl groups is 4. The van der Waals surface area contributed by atoms with E-state index >= 15 is 0 Å². The SMILES string of the molecule is CC(=O)N[C@@H]1[C@@H](O)[C@@H](O)[C@](CO)(CCOCCCl)O[C@@H]1O. The van der Waals surface area contributed by atoms with Crippen molar-refractivity contribution in [2.45, 2.75) is 43.5 Å². The second kappa shape index (κ2) is 8.23. The summed E-state index contributed by atoms with van der Waals surface area (Å²) < 4.78 is 10.4. The monoisotopic (exact) mass is 327 g/mol. The van der Waals surface area contributed by atoms with Crippen LogP contribution in [0.3, 0.4) is 0 Å². The van der Waals surface area contributed by atoms with Crippen LogP contribution in [0.15, 0.2) is 0 Å². The highest BCUT2D eigenvalue weighted by Crippen LogP contribution is 2.32. The molecule has 1 rings (SSSR count). The van der Waals surface area contributed by atoms with E-state index in [2.05, 4.69) is 5.32 Å². The highest BCUT2D eigenvalue weighted by Gasteiger charge is 2.53. The van der Waals surface area contributed by atoms with Crippen LogP contribution >= 0.6 is 11.6 Å². The Morgan fingerprint density at radius 2 is 2.05 bits per heavy atom. The third-order valence-corrected chi connectivity index (χ3v) is 3.58. The van der Waals surface area contributed by atoms with Crippen LogP contribution in [-0.2, 0) is 14.3 Å². The summed E-state index contributed by atoms with van der Waals surface area (Å²) in [6, 6.07) is -1.18. The van der Waals surface area contributed by atoms with Gasteiger partial charge in [-0.25, -0.2) is 0 Å². The minimum Gasteiger partial charge on any atom is -0.393 e. The first-order valence-corrected chi connectivity index (χ1v) is 7.15. The normalized spacial score (nSPS) is 36.5. The zero-order valence-corrected chi connectivity index (χ0v) is 12.5. The number of carbonyl (C=O) groups excluding carboxylic acids is 1. The number of halogens is 1. The fraction of sp³-hybridized carbons (Fsp3) is 0.917. The lowest BCUT2D eigenvalue weighted by Gasteiger charge is -2.48. The average molecular weight is 328 g/mol. The van der Waals surface area contributed by atoms with Gasteiger partial charge in [0.15, 0.2) is 6.29 Å². The molecule has 1 aliphatic heterocycles. The molecule has 8 nitrogen and oxygen atoms in total. The molecule has 1 heterocycles. The maximum absolute atomic E-state index is 11.0. The fourth-order valence-corrected chi connectivity index (χ4v) is 2.38. The molecule has 21 heavy (non-hydrogen) atoms. The van der Waals surface area contributed by atoms with Gasteiger partial charge in [0.1, 0.15) is 23.9 Å². The number of alkyl halides is 1. The van der Waals surface area contributed by atoms with Gasteiger partial charge in [-0.1, -0.05) is 0 Å². The number of carbonyl (C=O) groups is 1. The molecule has 1 fully saturated rings. The Labute approximate surface area is 127 Å². The molecule has 0 aliphatic carbocycles. The third kappa shape index (κ3) is 4.49. The number of aliphatic hydroxyl groups excluding tert-OH is 4. The Balaban J connectivity index is 2.76. The quantitative estimate of drug-likeness (QED) is 0.268. The molecular weight excluding hydrogens is 306 g/mol. The van der Waals surface area contributed by atoms with Gasteiger partial charge in [0.25, 0.3) is 0 Å². The van der Waals surface area contributed by atoms with Crippen molar-refractivity contribution in [1.82, 2.24) is 5.32 Å². The maximum atomic E-state index is 11.0. The zero-order chi connectivity index (χ0) is 16.0. The van der Waals surface area contributed by atoms with Gasteiger partial charge in [0.05, 0.1) is 13.2 Å². The van der Waals surface area contributed by atoms with Crippen LogP contribution in [0.5, 0.6) is 0 Å². The van der Waals surface area contributed by atoms with E-state index in [1.54, 1.807) is 0 Å². The van der Waals surface area contributed by atoms with Crippen LogP contribution in [0, 0.1) is 0 Å². The first-order valence-electron chi connectivity index (χ1n) is 6.61. The molecule has 9 heteroatoms. The second-order valence-electron chi connectivity index (χ2n) is 4.94. The Kier molecular flexibility index (Phi) is 7.28. The summed E-state index contributed by atoms with van der Waals surface area (Å²) in [5.41, 5.74) is -1.57. The lowest BCUT2D eigenvalue weighted by atomic mass is 9.84. The van der Waals surface area contributed by atoms with E-state index in [9.17, 15) is 25.2 Å². The lowest BCUT2D eigenvalue weighted by molar-refractivity contribution is -0.304. The van der Waals surface area contributed by atoms with Crippen molar-refractivity contribution in [3.05, 3.63) is 0 Å². The Hall–Kier alpha value is -0.480. The van der Waals surface area contributed by atoms with E-state index in [-0.39, 0.29) is 13.0 Å². The lowest BCUT2D eigenvalue weighted by Crippen LogP contribution is -2.69. The largest absolute Gasteiger partial charge is 0.393 e. The van der Waals surface area contributed by atoms with Crippen LogP contribution in [0.25, 0.3) is 0 Å². The van der Waals surface area contributed by atoms with E-state index in [1.165, 1.54) is 6.92 Å². The van der Waals surface area contributed by atoms with E-state index in [0.717, 1.165) is 0 Å². The summed E-state index contributed by atoms with van der Waals surface area (Å²) in [6.07, 6.45) is -4.50. The molecule has 0 aromatic carbocycles. The van der Waals surface area contributed by atoms with Gasteiger partial charge in [-0.15, -0.1) is 11.6 Å². The van der Waals surface area contributed by atoms with Gasteiger partial charge in [-0.05, 0) is 0 Å². The molecule has 0 aromatic rings. The molecule has 0 bridgehead atoms. The topological polar surface area (TPSA) is 128 Å². The van der Waals surface area contributed by atoms with Crippen LogP contribution in [0.2, 0.25) is 0 Å². The molecule has 0 saturated carbocycles. The van der Waals surface area contributed by atoms with Crippen molar-refractivity contribution in [1.29, 1.82) is 0 Å². The maximum Gasteiger partial charge on any atom is 0.217 e. The molecule has 124 valence electrons. The van der Waals surface area contributed by atoms with E-state index in [4.69, 9.17) is 21.1 Å². The standard InChI is InChI=1S/C12H22ClNO7/c1-7(16)14-8-9(17)10(18)12(6-15,21-11(8)19)2-4-20-5-3-13/h8-11,15,17-19H,2-6H2,1H3,(H,14,16)/t8-,9-,10-,11+,12-/m1/s1. The van der Waals surface area contributed by atoms with E-state index in [0.29, 0.717) is 12.5 Å². The molecule has 0 radical (unpaired) electrons. The predicted molar refractivity (Wildman–Crippen MR) is 72.7 cm³/mol. The fourth-order valence-electron chi connectivity index (χ4n) is 2.27. The number of amides is 1. The minimum absolute atomic E-state index is 0.0441. The van der Waals surface area contributed by atoms with Crippen LogP contribution in [0.1, 0.15) is 13.3 Å². The van der Waals surface area contributed by atoms with Gasteiger partial charge in [0.2, 0.25) is 5.91 Å². The smallest absolute Gasteiger partial charge is 0.217 e. The number of hydrogen-bond donors (Lipinski definition) is 5. The van der Waals surface area contributed by atoms with Crippen LogP contribution in [0.4, 0.5) is 0 Å². The molecule has 5 N–H and O–H groups in total. The highest BCUT2D eigenvalue weighted by molar-refractivity contribution is 6.17. The Morgan fingerprint density at radius 1 is 1.38 bits per heavy atom. The molecule has 1 aliphatic rings. The molecule has 5 atom stereocenters. The predicted octanol–water partition coefficient (Wildman–Crippen LogP) is -2.06. The number of hydrogen-bond acceptors (Lipinski definition) is 7. The van der Waals surface area contributed by atoms with Crippen molar-refractivity contribution in [2.75, 3.05) is 25.7 Å². The van der Waals surface area contributed by atoms with Crippen molar-refractivity contribution in [3.8, 4) is 0 Å². The molecule has 1 amide bonds. The van der Waals surface area contributed by atoms with Gasteiger partial charge >= 0.3 is 0 Å². The minimum atomic E-state index is -1.57. The van der Waals surface area contributed by atoms with Gasteiger partial charge < -0.3 is 35.2 Å².